The van der Waals surface area contributed by atoms with Crippen molar-refractivity contribution in [3.05, 3.63) is 54.1 Å². The van der Waals surface area contributed by atoms with Crippen LogP contribution >= 0.6 is 47.0 Å². The van der Waals surface area contributed by atoms with E-state index in [1.807, 2.05) is 6.08 Å². The summed E-state index contributed by atoms with van der Waals surface area (Å²) in [5, 5.41) is 0. The molecular weight excluding hydrogens is 519 g/mol. The standard InChI is InChI=1S/C28H38F2OS4/c1-3-5-6-7-8-25-32-17-22(18-33-25)28-34-15-21(16-35-28)19-9-11-20(12-10-19)23-13-14-24(31-4-2)27(30)26(23)29/h3,7-8,13-14,19-22,25,28H,1,4-6,9-12,15-18H2,2H3. The fraction of sp³-hybridized carbons (Fsp3) is 0.643. The molecule has 0 aromatic heterocycles. The monoisotopic (exact) mass is 556 g/mol. The van der Waals surface area contributed by atoms with Crippen molar-refractivity contribution in [3.8, 4) is 5.75 Å². The third kappa shape index (κ3) is 7.42. The Kier molecular flexibility index (Phi) is 11.2. The van der Waals surface area contributed by atoms with Crippen LogP contribution in [0.4, 0.5) is 8.78 Å². The number of thioether (sulfide) groups is 4. The third-order valence-electron chi connectivity index (χ3n) is 7.37. The maximum absolute atomic E-state index is 14.7. The Morgan fingerprint density at radius 1 is 0.886 bits per heavy atom. The molecule has 1 aliphatic carbocycles. The van der Waals surface area contributed by atoms with Gasteiger partial charge in [-0.05, 0) is 92.3 Å². The quantitative estimate of drug-likeness (QED) is 0.221. The van der Waals surface area contributed by atoms with Gasteiger partial charge in [0.25, 0.3) is 0 Å². The van der Waals surface area contributed by atoms with Gasteiger partial charge in [0.1, 0.15) is 0 Å². The zero-order valence-corrected chi connectivity index (χ0v) is 23.9. The van der Waals surface area contributed by atoms with E-state index in [0.29, 0.717) is 16.8 Å². The van der Waals surface area contributed by atoms with Crippen molar-refractivity contribution in [1.29, 1.82) is 0 Å². The molecule has 1 saturated carbocycles. The van der Waals surface area contributed by atoms with Gasteiger partial charge in [0.05, 0.1) is 15.8 Å². The molecule has 2 aliphatic heterocycles. The van der Waals surface area contributed by atoms with Gasteiger partial charge in [-0.25, -0.2) is 4.39 Å². The summed E-state index contributed by atoms with van der Waals surface area (Å²) >= 11 is 8.61. The highest BCUT2D eigenvalue weighted by Gasteiger charge is 2.36. The van der Waals surface area contributed by atoms with Gasteiger partial charge in [-0.15, -0.1) is 53.6 Å². The molecule has 0 spiro atoms. The van der Waals surface area contributed by atoms with E-state index in [1.165, 1.54) is 23.0 Å². The number of hydrogen-bond donors (Lipinski definition) is 0. The van der Waals surface area contributed by atoms with Crippen LogP contribution in [0, 0.1) is 29.4 Å². The third-order valence-corrected chi connectivity index (χ3v) is 13.9. The van der Waals surface area contributed by atoms with Crippen molar-refractivity contribution >= 4 is 47.0 Å². The Balaban J connectivity index is 1.19. The summed E-state index contributed by atoms with van der Waals surface area (Å²) in [6.45, 7) is 5.91. The average Bonchev–Trinajstić information content (AvgIpc) is 2.90. The molecule has 3 aliphatic rings. The second kappa shape index (κ2) is 14.1. The maximum atomic E-state index is 14.7. The lowest BCUT2D eigenvalue weighted by atomic mass is 9.74. The fourth-order valence-electron chi connectivity index (χ4n) is 5.33. The van der Waals surface area contributed by atoms with Gasteiger partial charge >= 0.3 is 0 Å². The van der Waals surface area contributed by atoms with E-state index in [9.17, 15) is 8.78 Å². The van der Waals surface area contributed by atoms with Gasteiger partial charge in [-0.1, -0.05) is 24.3 Å². The first-order valence-electron chi connectivity index (χ1n) is 12.9. The van der Waals surface area contributed by atoms with Gasteiger partial charge in [-0.3, -0.25) is 0 Å². The molecule has 2 saturated heterocycles. The van der Waals surface area contributed by atoms with Crippen LogP contribution < -0.4 is 4.74 Å². The number of benzene rings is 1. The molecule has 1 nitrogen and oxygen atoms in total. The van der Waals surface area contributed by atoms with E-state index >= 15 is 0 Å². The fourth-order valence-corrected chi connectivity index (χ4v) is 12.4. The molecule has 7 heteroatoms. The predicted octanol–water partition coefficient (Wildman–Crippen LogP) is 9.00. The lowest BCUT2D eigenvalue weighted by molar-refractivity contribution is 0.259. The minimum absolute atomic E-state index is 0.0264. The van der Waals surface area contributed by atoms with Crippen molar-refractivity contribution < 1.29 is 13.5 Å². The van der Waals surface area contributed by atoms with E-state index in [4.69, 9.17) is 4.74 Å². The van der Waals surface area contributed by atoms with Gasteiger partial charge in [-0.2, -0.15) is 4.39 Å². The highest BCUT2D eigenvalue weighted by molar-refractivity contribution is 8.19. The topological polar surface area (TPSA) is 9.23 Å². The number of ether oxygens (including phenoxy) is 1. The van der Waals surface area contributed by atoms with E-state index in [-0.39, 0.29) is 11.7 Å². The minimum Gasteiger partial charge on any atom is -0.491 e. The summed E-state index contributed by atoms with van der Waals surface area (Å²) in [5.41, 5.74) is 0.540. The van der Waals surface area contributed by atoms with Gasteiger partial charge in [0, 0.05) is 11.5 Å². The van der Waals surface area contributed by atoms with E-state index in [1.54, 1.807) is 19.1 Å². The lowest BCUT2D eigenvalue weighted by Gasteiger charge is -2.40. The number of unbranched alkanes of at least 4 members (excludes halogenated alkanes) is 1. The van der Waals surface area contributed by atoms with Crippen LogP contribution in [0.3, 0.4) is 0 Å². The van der Waals surface area contributed by atoms with Gasteiger partial charge in [0.15, 0.2) is 11.6 Å². The molecule has 0 amide bonds. The summed E-state index contributed by atoms with van der Waals surface area (Å²) in [6.07, 6.45) is 13.0. The molecule has 0 unspecified atom stereocenters. The number of allylic oxidation sites excluding steroid dienone is 2. The zero-order chi connectivity index (χ0) is 24.6. The molecule has 0 bridgehead atoms. The molecule has 35 heavy (non-hydrogen) atoms. The van der Waals surface area contributed by atoms with Crippen molar-refractivity contribution in [1.82, 2.24) is 0 Å². The number of halogens is 2. The average molecular weight is 557 g/mol. The Morgan fingerprint density at radius 2 is 1.57 bits per heavy atom. The van der Waals surface area contributed by atoms with Crippen LogP contribution in [0.15, 0.2) is 36.9 Å². The second-order valence-corrected chi connectivity index (χ2v) is 15.0. The van der Waals surface area contributed by atoms with Crippen LogP contribution in [-0.4, -0.2) is 38.8 Å². The molecule has 3 fully saturated rings. The molecule has 1 aromatic carbocycles. The summed E-state index contributed by atoms with van der Waals surface area (Å²) in [4.78, 5) is 0. The van der Waals surface area contributed by atoms with Crippen LogP contribution in [0.5, 0.6) is 5.75 Å². The number of rotatable bonds is 9. The first kappa shape index (κ1) is 27.8. The number of hydrogen-bond acceptors (Lipinski definition) is 5. The summed E-state index contributed by atoms with van der Waals surface area (Å²) in [6, 6.07) is 3.34. The molecule has 1 aromatic rings. The molecule has 0 radical (unpaired) electrons. The van der Waals surface area contributed by atoms with E-state index < -0.39 is 11.6 Å². The maximum Gasteiger partial charge on any atom is 0.200 e. The van der Waals surface area contributed by atoms with Gasteiger partial charge < -0.3 is 4.74 Å². The lowest BCUT2D eigenvalue weighted by Crippen LogP contribution is -2.33. The van der Waals surface area contributed by atoms with Crippen molar-refractivity contribution in [2.45, 2.75) is 60.5 Å². The Bertz CT molecular complexity index is 840. The Labute approximate surface area is 227 Å². The van der Waals surface area contributed by atoms with Crippen molar-refractivity contribution in [2.75, 3.05) is 29.6 Å². The summed E-state index contributed by atoms with van der Waals surface area (Å²) < 4.78 is 35.6. The molecule has 4 rings (SSSR count). The zero-order valence-electron chi connectivity index (χ0n) is 20.6. The van der Waals surface area contributed by atoms with Crippen LogP contribution in [-0.2, 0) is 0 Å². The first-order chi connectivity index (χ1) is 17.1. The van der Waals surface area contributed by atoms with Crippen molar-refractivity contribution in [3.63, 3.8) is 0 Å². The summed E-state index contributed by atoms with van der Waals surface area (Å²) in [5.74, 6) is 5.97. The van der Waals surface area contributed by atoms with Crippen LogP contribution in [0.2, 0.25) is 0 Å². The Hall–Kier alpha value is -0.240. The summed E-state index contributed by atoms with van der Waals surface area (Å²) in [7, 11) is 0. The molecule has 194 valence electrons. The molecule has 2 heterocycles. The van der Waals surface area contributed by atoms with Gasteiger partial charge in [0.2, 0.25) is 5.82 Å². The second-order valence-electron chi connectivity index (χ2n) is 9.71. The largest absolute Gasteiger partial charge is 0.491 e. The van der Waals surface area contributed by atoms with E-state index in [0.717, 1.165) is 60.9 Å². The van der Waals surface area contributed by atoms with Crippen molar-refractivity contribution in [2.24, 2.45) is 17.8 Å². The minimum atomic E-state index is -0.827. The van der Waals surface area contributed by atoms with Crippen LogP contribution in [0.1, 0.15) is 56.9 Å². The van der Waals surface area contributed by atoms with E-state index in [2.05, 4.69) is 65.8 Å². The Morgan fingerprint density at radius 3 is 2.23 bits per heavy atom. The highest BCUT2D eigenvalue weighted by Crippen LogP contribution is 2.49. The highest BCUT2D eigenvalue weighted by atomic mass is 32.2. The first-order valence-corrected chi connectivity index (χ1v) is 17.1. The predicted molar refractivity (Wildman–Crippen MR) is 155 cm³/mol. The normalized spacial score (nSPS) is 32.0. The molecule has 0 atom stereocenters. The smallest absolute Gasteiger partial charge is 0.200 e. The molecular formula is C28H38F2OS4. The van der Waals surface area contributed by atoms with Crippen LogP contribution in [0.25, 0.3) is 0 Å². The molecule has 0 N–H and O–H groups in total. The SMILES string of the molecule is C=CCCC=CC1SCC(C2SCC(C3CCC(c4ccc(OCC)c(F)c4F)CC3)CS2)CS1.